The molecule has 1 saturated heterocycles. The third kappa shape index (κ3) is 5.37. The van der Waals surface area contributed by atoms with Gasteiger partial charge in [-0.05, 0) is 30.4 Å². The summed E-state index contributed by atoms with van der Waals surface area (Å²) in [5, 5.41) is 2.80. The summed E-state index contributed by atoms with van der Waals surface area (Å²) in [6, 6.07) is 5.00. The molecule has 0 unspecified atom stereocenters. The topological polar surface area (TPSA) is 67.9 Å². The molecule has 0 aromatic heterocycles. The van der Waals surface area contributed by atoms with Gasteiger partial charge in [-0.1, -0.05) is 13.8 Å². The van der Waals surface area contributed by atoms with Crippen LogP contribution in [0.25, 0.3) is 0 Å². The highest BCUT2D eigenvalue weighted by molar-refractivity contribution is 5.95. The molecule has 1 heterocycles. The summed E-state index contributed by atoms with van der Waals surface area (Å²) in [7, 11) is 3.07. The van der Waals surface area contributed by atoms with Crippen LogP contribution in [0.3, 0.4) is 0 Å². The van der Waals surface area contributed by atoms with E-state index in [1.807, 2.05) is 4.90 Å². The number of benzene rings is 1. The molecule has 0 spiro atoms. The van der Waals surface area contributed by atoms with Crippen LogP contribution in [-0.2, 0) is 4.79 Å². The second kappa shape index (κ2) is 8.74. The summed E-state index contributed by atoms with van der Waals surface area (Å²) in [6.07, 6.45) is 1.48. The van der Waals surface area contributed by atoms with Crippen LogP contribution in [0.1, 0.15) is 37.0 Å². The smallest absolute Gasteiger partial charge is 0.251 e. The highest BCUT2D eigenvalue weighted by atomic mass is 16.5. The fourth-order valence-electron chi connectivity index (χ4n) is 3.35. The Morgan fingerprint density at radius 1 is 1.08 bits per heavy atom. The number of carbonyl (C=O) groups excluding carboxylic acids is 2. The highest BCUT2D eigenvalue weighted by Crippen LogP contribution is 2.23. The first kappa shape index (κ1) is 19.1. The summed E-state index contributed by atoms with van der Waals surface area (Å²) >= 11 is 0. The number of likely N-dealkylation sites (tertiary alicyclic amines) is 1. The Bertz CT molecular complexity index is 585. The lowest BCUT2D eigenvalue weighted by Gasteiger charge is -2.35. The van der Waals surface area contributed by atoms with Gasteiger partial charge in [-0.25, -0.2) is 0 Å². The molecule has 138 valence electrons. The van der Waals surface area contributed by atoms with E-state index in [1.54, 1.807) is 18.2 Å². The van der Waals surface area contributed by atoms with Crippen molar-refractivity contribution in [3.05, 3.63) is 23.8 Å². The minimum Gasteiger partial charge on any atom is -0.497 e. The molecule has 6 heteroatoms. The monoisotopic (exact) mass is 348 g/mol. The lowest BCUT2D eigenvalue weighted by Crippen LogP contribution is -2.43. The van der Waals surface area contributed by atoms with E-state index < -0.39 is 0 Å². The van der Waals surface area contributed by atoms with Crippen LogP contribution in [0.4, 0.5) is 0 Å². The van der Waals surface area contributed by atoms with Crippen molar-refractivity contribution in [3.8, 4) is 11.5 Å². The van der Waals surface area contributed by atoms with Gasteiger partial charge in [0, 0.05) is 37.7 Å². The molecule has 1 N–H and O–H groups in total. The van der Waals surface area contributed by atoms with Crippen molar-refractivity contribution in [1.82, 2.24) is 10.2 Å². The molecule has 0 bridgehead atoms. The molecular weight excluding hydrogens is 320 g/mol. The summed E-state index contributed by atoms with van der Waals surface area (Å²) in [5.74, 6) is 2.03. The van der Waals surface area contributed by atoms with Gasteiger partial charge in [0.25, 0.3) is 5.91 Å². The van der Waals surface area contributed by atoms with Crippen LogP contribution in [0.5, 0.6) is 11.5 Å². The SMILES string of the molecule is COc1cc(OC)cc(C(=O)NCCC(=O)N2C[C@@H](C)C[C@H](C)C2)c1. The van der Waals surface area contributed by atoms with Gasteiger partial charge in [-0.15, -0.1) is 0 Å². The van der Waals surface area contributed by atoms with Gasteiger partial charge in [0.15, 0.2) is 0 Å². The first-order chi connectivity index (χ1) is 11.9. The van der Waals surface area contributed by atoms with Crippen molar-refractivity contribution in [3.63, 3.8) is 0 Å². The number of methoxy groups -OCH3 is 2. The number of piperidine rings is 1. The zero-order chi connectivity index (χ0) is 18.4. The van der Waals surface area contributed by atoms with Crippen molar-refractivity contribution in [2.75, 3.05) is 33.9 Å². The average molecular weight is 348 g/mol. The molecule has 0 saturated carbocycles. The second-order valence-electron chi connectivity index (χ2n) is 6.85. The molecule has 2 amide bonds. The average Bonchev–Trinajstić information content (AvgIpc) is 2.60. The molecule has 25 heavy (non-hydrogen) atoms. The molecule has 1 aromatic rings. The van der Waals surface area contributed by atoms with Gasteiger partial charge in [0.2, 0.25) is 5.91 Å². The standard InChI is InChI=1S/C19H28N2O4/c1-13-7-14(2)12-21(11-13)18(22)5-6-20-19(23)15-8-16(24-3)10-17(9-15)25-4/h8-10,13-14H,5-7,11-12H2,1-4H3,(H,20,23)/t13-,14-/m0/s1. The van der Waals surface area contributed by atoms with E-state index >= 15 is 0 Å². The fourth-order valence-corrected chi connectivity index (χ4v) is 3.35. The maximum Gasteiger partial charge on any atom is 0.251 e. The van der Waals surface area contributed by atoms with Crippen molar-refractivity contribution in [1.29, 1.82) is 0 Å². The normalized spacial score (nSPS) is 20.1. The van der Waals surface area contributed by atoms with E-state index in [0.29, 0.717) is 41.9 Å². The lowest BCUT2D eigenvalue weighted by atomic mass is 9.92. The van der Waals surface area contributed by atoms with Crippen LogP contribution in [0, 0.1) is 11.8 Å². The number of carbonyl (C=O) groups is 2. The van der Waals surface area contributed by atoms with Crippen LogP contribution >= 0.6 is 0 Å². The predicted octanol–water partition coefficient (Wildman–Crippen LogP) is 2.33. The Balaban J connectivity index is 1.87. The first-order valence-electron chi connectivity index (χ1n) is 8.72. The van der Waals surface area contributed by atoms with E-state index in [0.717, 1.165) is 19.5 Å². The third-order valence-electron chi connectivity index (χ3n) is 4.46. The first-order valence-corrected chi connectivity index (χ1v) is 8.72. The Hall–Kier alpha value is -2.24. The number of nitrogens with one attached hydrogen (secondary N) is 1. The molecule has 1 aliphatic heterocycles. The molecule has 6 nitrogen and oxygen atoms in total. The van der Waals surface area contributed by atoms with Crippen LogP contribution in [0.2, 0.25) is 0 Å². The van der Waals surface area contributed by atoms with Gasteiger partial charge in [-0.2, -0.15) is 0 Å². The van der Waals surface area contributed by atoms with Gasteiger partial charge < -0.3 is 19.7 Å². The Morgan fingerprint density at radius 2 is 1.64 bits per heavy atom. The van der Waals surface area contributed by atoms with Gasteiger partial charge in [0.05, 0.1) is 14.2 Å². The fraction of sp³-hybridized carbons (Fsp3) is 0.579. The molecule has 1 fully saturated rings. The molecule has 0 radical (unpaired) electrons. The van der Waals surface area contributed by atoms with Gasteiger partial charge in [0.1, 0.15) is 11.5 Å². The van der Waals surface area contributed by atoms with Crippen molar-refractivity contribution in [2.24, 2.45) is 11.8 Å². The molecule has 0 aliphatic carbocycles. The Morgan fingerprint density at radius 3 is 2.16 bits per heavy atom. The summed E-state index contributed by atoms with van der Waals surface area (Å²) < 4.78 is 10.3. The maximum atomic E-state index is 12.3. The van der Waals surface area contributed by atoms with Crippen LogP contribution in [-0.4, -0.2) is 50.6 Å². The van der Waals surface area contributed by atoms with E-state index in [4.69, 9.17) is 9.47 Å². The number of ether oxygens (including phenoxy) is 2. The number of hydrogen-bond acceptors (Lipinski definition) is 4. The van der Waals surface area contributed by atoms with E-state index in [-0.39, 0.29) is 11.8 Å². The van der Waals surface area contributed by atoms with Crippen LogP contribution < -0.4 is 14.8 Å². The van der Waals surface area contributed by atoms with E-state index in [1.165, 1.54) is 14.2 Å². The van der Waals surface area contributed by atoms with Gasteiger partial charge >= 0.3 is 0 Å². The van der Waals surface area contributed by atoms with E-state index in [2.05, 4.69) is 19.2 Å². The number of hydrogen-bond donors (Lipinski definition) is 1. The number of nitrogens with zero attached hydrogens (tertiary/aromatic N) is 1. The van der Waals surface area contributed by atoms with Crippen molar-refractivity contribution >= 4 is 11.8 Å². The second-order valence-corrected chi connectivity index (χ2v) is 6.85. The minimum atomic E-state index is -0.245. The zero-order valence-corrected chi connectivity index (χ0v) is 15.5. The maximum absolute atomic E-state index is 12.3. The van der Waals surface area contributed by atoms with Crippen LogP contribution in [0.15, 0.2) is 18.2 Å². The highest BCUT2D eigenvalue weighted by Gasteiger charge is 2.25. The molecule has 2 atom stereocenters. The molecule has 1 aliphatic rings. The minimum absolute atomic E-state index is 0.0990. The predicted molar refractivity (Wildman–Crippen MR) is 96.0 cm³/mol. The Kier molecular flexibility index (Phi) is 6.67. The van der Waals surface area contributed by atoms with Gasteiger partial charge in [-0.3, -0.25) is 9.59 Å². The molecule has 2 rings (SSSR count). The lowest BCUT2D eigenvalue weighted by molar-refractivity contribution is -0.133. The third-order valence-corrected chi connectivity index (χ3v) is 4.46. The zero-order valence-electron chi connectivity index (χ0n) is 15.5. The largest absolute Gasteiger partial charge is 0.497 e. The Labute approximate surface area is 149 Å². The molecule has 1 aromatic carbocycles. The number of amides is 2. The summed E-state index contributed by atoms with van der Waals surface area (Å²) in [6.45, 7) is 6.28. The summed E-state index contributed by atoms with van der Waals surface area (Å²) in [4.78, 5) is 26.6. The number of rotatable bonds is 6. The summed E-state index contributed by atoms with van der Waals surface area (Å²) in [5.41, 5.74) is 0.448. The molecular formula is C19H28N2O4. The van der Waals surface area contributed by atoms with E-state index in [9.17, 15) is 9.59 Å². The van der Waals surface area contributed by atoms with Crippen molar-refractivity contribution in [2.45, 2.75) is 26.7 Å². The van der Waals surface area contributed by atoms with Crippen molar-refractivity contribution < 1.29 is 19.1 Å². The quantitative estimate of drug-likeness (QED) is 0.857.